The van der Waals surface area contributed by atoms with Crippen LogP contribution in [0, 0.1) is 0 Å². The topological polar surface area (TPSA) is 9.23 Å². The molecule has 56 valence electrons. The molecule has 0 saturated heterocycles. The van der Waals surface area contributed by atoms with Crippen molar-refractivity contribution in [2.75, 3.05) is 6.56 Å². The van der Waals surface area contributed by atoms with Gasteiger partial charge in [0.1, 0.15) is 6.10 Å². The van der Waals surface area contributed by atoms with Crippen molar-refractivity contribution in [1.29, 1.82) is 0 Å². The maximum atomic E-state index is 7.32. The maximum Gasteiger partial charge on any atom is 0.101 e. The molecule has 0 aliphatic carbocycles. The standard InChI is InChI=1S/C10H10O/c1-2-5-9(6-3-1)10-7-4-8-11-10/h1-7,10H,8H2/t10-/m0/s1/i8D2. The van der Waals surface area contributed by atoms with Crippen LogP contribution < -0.4 is 0 Å². The Labute approximate surface area is 69.1 Å². The summed E-state index contributed by atoms with van der Waals surface area (Å²) in [5.41, 5.74) is 0.986. The molecular formula is C10H10O. The number of benzene rings is 1. The summed E-state index contributed by atoms with van der Waals surface area (Å²) in [6.07, 6.45) is 2.95. The van der Waals surface area contributed by atoms with Crippen LogP contribution in [0.25, 0.3) is 0 Å². The summed E-state index contributed by atoms with van der Waals surface area (Å²) in [5, 5.41) is 0. The van der Waals surface area contributed by atoms with Gasteiger partial charge in [-0.2, -0.15) is 0 Å². The Bertz CT molecular complexity index is 319. The summed E-state index contributed by atoms with van der Waals surface area (Å²) in [7, 11) is 0. The predicted molar refractivity (Wildman–Crippen MR) is 44.3 cm³/mol. The van der Waals surface area contributed by atoms with E-state index in [1.54, 1.807) is 6.08 Å². The van der Waals surface area contributed by atoms with Gasteiger partial charge in [0.15, 0.2) is 0 Å². The van der Waals surface area contributed by atoms with E-state index in [2.05, 4.69) is 0 Å². The summed E-state index contributed by atoms with van der Waals surface area (Å²) in [6, 6.07) is 9.62. The molecule has 0 aromatic heterocycles. The second kappa shape index (κ2) is 2.89. The minimum atomic E-state index is -1.61. The molecule has 1 atom stereocenters. The average Bonchev–Trinajstić information content (AvgIpc) is 2.48. The molecule has 0 radical (unpaired) electrons. The van der Waals surface area contributed by atoms with E-state index < -0.39 is 6.56 Å². The molecule has 11 heavy (non-hydrogen) atoms. The lowest BCUT2D eigenvalue weighted by atomic mass is 10.1. The first-order chi connectivity index (χ1) is 6.17. The van der Waals surface area contributed by atoms with E-state index in [9.17, 15) is 0 Å². The number of hydrogen-bond acceptors (Lipinski definition) is 1. The van der Waals surface area contributed by atoms with Gasteiger partial charge in [-0.05, 0) is 5.56 Å². The van der Waals surface area contributed by atoms with E-state index in [0.717, 1.165) is 5.56 Å². The van der Waals surface area contributed by atoms with Crippen LogP contribution in [-0.2, 0) is 4.74 Å². The van der Waals surface area contributed by atoms with Crippen molar-refractivity contribution in [3.05, 3.63) is 48.0 Å². The summed E-state index contributed by atoms with van der Waals surface area (Å²) in [6.45, 7) is -1.61. The van der Waals surface area contributed by atoms with Gasteiger partial charge in [0.2, 0.25) is 0 Å². The Balaban J connectivity index is 2.19. The lowest BCUT2D eigenvalue weighted by Crippen LogP contribution is -1.94. The van der Waals surface area contributed by atoms with Crippen LogP contribution in [0.4, 0.5) is 0 Å². The molecule has 0 spiro atoms. The van der Waals surface area contributed by atoms with E-state index in [0.29, 0.717) is 0 Å². The second-order valence-corrected chi connectivity index (χ2v) is 2.43. The highest BCUT2D eigenvalue weighted by molar-refractivity contribution is 5.22. The van der Waals surface area contributed by atoms with Crippen LogP contribution in [0.5, 0.6) is 0 Å². The molecule has 0 N–H and O–H groups in total. The number of ether oxygens (including phenoxy) is 1. The van der Waals surface area contributed by atoms with E-state index in [-0.39, 0.29) is 6.10 Å². The second-order valence-electron chi connectivity index (χ2n) is 2.43. The molecule has 1 aromatic rings. The minimum Gasteiger partial charge on any atom is -0.365 e. The third-order valence-electron chi connectivity index (χ3n) is 1.66. The SMILES string of the molecule is [2H]C1([2H])C=C[C@@H](c2ccccc2)O1. The molecule has 0 amide bonds. The lowest BCUT2D eigenvalue weighted by molar-refractivity contribution is 0.129. The minimum absolute atomic E-state index is 0.240. The molecule has 1 heterocycles. The van der Waals surface area contributed by atoms with Gasteiger partial charge in [-0.15, -0.1) is 0 Å². The van der Waals surface area contributed by atoms with Crippen molar-refractivity contribution >= 4 is 0 Å². The first-order valence-corrected chi connectivity index (χ1v) is 3.59. The normalized spacial score (nSPS) is 29.6. The third-order valence-corrected chi connectivity index (χ3v) is 1.66. The highest BCUT2D eigenvalue weighted by atomic mass is 16.5. The molecule has 1 nitrogen and oxygen atoms in total. The zero-order chi connectivity index (χ0) is 9.31. The van der Waals surface area contributed by atoms with Crippen LogP contribution in [0.1, 0.15) is 14.4 Å². The van der Waals surface area contributed by atoms with Gasteiger partial charge in [0.05, 0.1) is 9.30 Å². The van der Waals surface area contributed by atoms with Crippen molar-refractivity contribution in [2.24, 2.45) is 0 Å². The molecule has 2 rings (SSSR count). The predicted octanol–water partition coefficient (Wildman–Crippen LogP) is 2.31. The first-order valence-electron chi connectivity index (χ1n) is 4.59. The monoisotopic (exact) mass is 148 g/mol. The zero-order valence-corrected chi connectivity index (χ0v) is 6.03. The number of hydrogen-bond donors (Lipinski definition) is 0. The average molecular weight is 148 g/mol. The quantitative estimate of drug-likeness (QED) is 0.555. The summed E-state index contributed by atoms with van der Waals surface area (Å²) < 4.78 is 19.8. The van der Waals surface area contributed by atoms with E-state index >= 15 is 0 Å². The zero-order valence-electron chi connectivity index (χ0n) is 8.03. The lowest BCUT2D eigenvalue weighted by Gasteiger charge is -2.06. The highest BCUT2D eigenvalue weighted by Gasteiger charge is 2.10. The van der Waals surface area contributed by atoms with E-state index in [4.69, 9.17) is 7.48 Å². The Morgan fingerprint density at radius 2 is 2.18 bits per heavy atom. The molecule has 1 aliphatic heterocycles. The Morgan fingerprint density at radius 3 is 2.82 bits per heavy atom. The molecule has 1 heteroatoms. The fraction of sp³-hybridized carbons (Fsp3) is 0.200. The Morgan fingerprint density at radius 1 is 1.36 bits per heavy atom. The molecule has 0 bridgehead atoms. The van der Waals surface area contributed by atoms with E-state index in [1.165, 1.54) is 6.08 Å². The van der Waals surface area contributed by atoms with Crippen molar-refractivity contribution in [1.82, 2.24) is 0 Å². The van der Waals surface area contributed by atoms with E-state index in [1.807, 2.05) is 30.3 Å². The Kier molecular flexibility index (Phi) is 1.24. The molecule has 0 unspecified atom stereocenters. The van der Waals surface area contributed by atoms with Gasteiger partial charge in [-0.1, -0.05) is 42.5 Å². The molecule has 1 aliphatic rings. The summed E-state index contributed by atoms with van der Waals surface area (Å²) in [4.78, 5) is 0. The van der Waals surface area contributed by atoms with Crippen molar-refractivity contribution in [3.63, 3.8) is 0 Å². The van der Waals surface area contributed by atoms with Crippen molar-refractivity contribution in [2.45, 2.75) is 6.10 Å². The largest absolute Gasteiger partial charge is 0.365 e. The van der Waals surface area contributed by atoms with Crippen LogP contribution in [0.15, 0.2) is 42.5 Å². The van der Waals surface area contributed by atoms with Crippen LogP contribution in [-0.4, -0.2) is 6.56 Å². The summed E-state index contributed by atoms with van der Waals surface area (Å²) in [5.74, 6) is 0. The van der Waals surface area contributed by atoms with Gasteiger partial charge in [0.25, 0.3) is 0 Å². The summed E-state index contributed by atoms with van der Waals surface area (Å²) >= 11 is 0. The fourth-order valence-corrected chi connectivity index (χ4v) is 1.10. The first kappa shape index (κ1) is 4.73. The van der Waals surface area contributed by atoms with Gasteiger partial charge in [-0.25, -0.2) is 0 Å². The number of rotatable bonds is 1. The third kappa shape index (κ3) is 1.33. The van der Waals surface area contributed by atoms with Crippen LogP contribution in [0.2, 0.25) is 0 Å². The van der Waals surface area contributed by atoms with Crippen LogP contribution in [0.3, 0.4) is 0 Å². The van der Waals surface area contributed by atoms with Crippen molar-refractivity contribution < 1.29 is 7.48 Å². The maximum absolute atomic E-state index is 7.32. The van der Waals surface area contributed by atoms with Gasteiger partial charge in [0, 0.05) is 0 Å². The molecule has 0 fully saturated rings. The fourth-order valence-electron chi connectivity index (χ4n) is 1.10. The van der Waals surface area contributed by atoms with Gasteiger partial charge >= 0.3 is 0 Å². The van der Waals surface area contributed by atoms with Crippen molar-refractivity contribution in [3.8, 4) is 0 Å². The molecule has 0 saturated carbocycles. The highest BCUT2D eigenvalue weighted by Crippen LogP contribution is 2.21. The molecule has 1 aromatic carbocycles. The Hall–Kier alpha value is -1.08. The van der Waals surface area contributed by atoms with Gasteiger partial charge in [-0.3, -0.25) is 0 Å². The molecular weight excluding hydrogens is 136 g/mol. The van der Waals surface area contributed by atoms with Gasteiger partial charge < -0.3 is 4.74 Å². The smallest absolute Gasteiger partial charge is 0.101 e. The van der Waals surface area contributed by atoms with Crippen LogP contribution >= 0.6 is 0 Å².